The average Bonchev–Trinajstić information content (AvgIpc) is 3.50. The van der Waals surface area contributed by atoms with Crippen LogP contribution in [-0.2, 0) is 18.9 Å². The van der Waals surface area contributed by atoms with Gasteiger partial charge in [0.05, 0.1) is 31.0 Å². The van der Waals surface area contributed by atoms with Crippen LogP contribution >= 0.6 is 0 Å². The van der Waals surface area contributed by atoms with Crippen LogP contribution in [0.4, 0.5) is 0 Å². The molecular formula is C42H72O13. The van der Waals surface area contributed by atoms with Crippen LogP contribution in [0.1, 0.15) is 113 Å². The number of ether oxygens (including phenoxy) is 4. The predicted molar refractivity (Wildman–Crippen MR) is 201 cm³/mol. The highest BCUT2D eigenvalue weighted by Crippen LogP contribution is 2.76. The van der Waals surface area contributed by atoms with Crippen molar-refractivity contribution in [2.75, 3.05) is 13.2 Å². The van der Waals surface area contributed by atoms with E-state index in [1.807, 2.05) is 6.92 Å². The van der Waals surface area contributed by atoms with Gasteiger partial charge in [0.25, 0.3) is 0 Å². The third-order valence-electron chi connectivity index (χ3n) is 16.6. The SMILES string of the molecule is CC(C)=CCC[C@](C)(O)[C@H]1CC[C@]2(C)[C@@H]1[C@H](O)C[C@@H]1[C@@]3(C)CC[C@@H](O[C@@H]4O[C@H](CO)[C@@H](O)[C@H](O)[C@H]4O[C@@H]4O[C@H](CO)[C@@H](O)[C@H](O)[C@H]4O)C(C)(C)[C@H]3CC[C@]12C. The molecular weight excluding hydrogens is 712 g/mol. The van der Waals surface area contributed by atoms with E-state index >= 15 is 0 Å². The molecule has 0 aromatic heterocycles. The Labute approximate surface area is 327 Å². The average molecular weight is 785 g/mol. The number of aliphatic hydroxyl groups is 9. The fraction of sp³-hybridized carbons (Fsp3) is 0.952. The van der Waals surface area contributed by atoms with Crippen molar-refractivity contribution in [1.29, 1.82) is 0 Å². The summed E-state index contributed by atoms with van der Waals surface area (Å²) < 4.78 is 24.4. The molecule has 9 N–H and O–H groups in total. The highest BCUT2D eigenvalue weighted by atomic mass is 16.8. The highest BCUT2D eigenvalue weighted by Gasteiger charge is 2.71. The van der Waals surface area contributed by atoms with Crippen LogP contribution in [0.2, 0.25) is 0 Å². The standard InChI is InChI=1S/C42H72O13/c1-21(2)10-9-14-42(8,51)22-11-16-41(7)29(22)23(45)18-27-39(5)15-13-28(38(3,4)26(39)12-17-40(27,41)6)54-37-35(33(49)31(47)25(20-44)53-37)55-36-34(50)32(48)30(46)24(19-43)52-36/h10,22-37,43-51H,9,11-20H2,1-8H3/t22-,23+,24+,25+,26+,27+,28+,29-,30+,31+,32-,33-,34+,35+,36-,37-,39-,40+,41+,42-/m0/s1. The van der Waals surface area contributed by atoms with E-state index in [9.17, 15) is 46.0 Å². The monoisotopic (exact) mass is 784 g/mol. The van der Waals surface area contributed by atoms with Crippen LogP contribution in [-0.4, -0.2) is 138 Å². The molecule has 4 aliphatic carbocycles. The maximum Gasteiger partial charge on any atom is 0.187 e. The Morgan fingerprint density at radius 1 is 0.727 bits per heavy atom. The lowest BCUT2D eigenvalue weighted by Crippen LogP contribution is -2.68. The zero-order valence-corrected chi connectivity index (χ0v) is 34.3. The van der Waals surface area contributed by atoms with Gasteiger partial charge in [0, 0.05) is 0 Å². The summed E-state index contributed by atoms with van der Waals surface area (Å²) in [7, 11) is 0. The Balaban J connectivity index is 1.23. The van der Waals surface area contributed by atoms with E-state index in [4.69, 9.17) is 18.9 Å². The number of aliphatic hydroxyl groups excluding tert-OH is 8. The molecule has 55 heavy (non-hydrogen) atoms. The minimum absolute atomic E-state index is 0.00798. The molecule has 6 aliphatic rings. The van der Waals surface area contributed by atoms with Gasteiger partial charge in [-0.15, -0.1) is 0 Å². The van der Waals surface area contributed by atoms with Crippen LogP contribution < -0.4 is 0 Å². The second-order valence-corrected chi connectivity index (χ2v) is 20.1. The lowest BCUT2D eigenvalue weighted by Gasteiger charge is -2.70. The van der Waals surface area contributed by atoms with E-state index in [-0.39, 0.29) is 39.9 Å². The van der Waals surface area contributed by atoms with Crippen molar-refractivity contribution in [2.24, 2.45) is 45.3 Å². The van der Waals surface area contributed by atoms with E-state index in [2.05, 4.69) is 54.5 Å². The summed E-state index contributed by atoms with van der Waals surface area (Å²) in [6, 6.07) is 0. The van der Waals surface area contributed by atoms with Gasteiger partial charge in [-0.25, -0.2) is 0 Å². The fourth-order valence-electron chi connectivity index (χ4n) is 13.3. The molecule has 2 heterocycles. The van der Waals surface area contributed by atoms with Crippen LogP contribution in [0, 0.1) is 45.3 Å². The van der Waals surface area contributed by atoms with Crippen LogP contribution in [0.15, 0.2) is 11.6 Å². The molecule has 6 rings (SSSR count). The molecule has 6 fully saturated rings. The van der Waals surface area contributed by atoms with E-state index in [0.29, 0.717) is 19.3 Å². The lowest BCUT2D eigenvalue weighted by atomic mass is 9.35. The summed E-state index contributed by atoms with van der Waals surface area (Å²) in [5, 5.41) is 97.4. The van der Waals surface area contributed by atoms with Crippen molar-refractivity contribution in [2.45, 2.75) is 192 Å². The number of fused-ring (bicyclic) bond motifs is 5. The van der Waals surface area contributed by atoms with Gasteiger partial charge in [0.2, 0.25) is 0 Å². The Morgan fingerprint density at radius 2 is 1.33 bits per heavy atom. The van der Waals surface area contributed by atoms with E-state index in [1.54, 1.807) is 0 Å². The first kappa shape index (κ1) is 43.8. The maximum atomic E-state index is 12.2. The van der Waals surface area contributed by atoms with Crippen LogP contribution in [0.5, 0.6) is 0 Å². The number of allylic oxidation sites excluding steroid dienone is 2. The van der Waals surface area contributed by atoms with Gasteiger partial charge < -0.3 is 64.9 Å². The topological polar surface area (TPSA) is 219 Å². The largest absolute Gasteiger partial charge is 0.394 e. The Kier molecular flexibility index (Phi) is 12.5. The summed E-state index contributed by atoms with van der Waals surface area (Å²) in [6.07, 6.45) is -6.48. The first-order chi connectivity index (χ1) is 25.6. The molecule has 2 aliphatic heterocycles. The Bertz CT molecular complexity index is 1370. The summed E-state index contributed by atoms with van der Waals surface area (Å²) in [6.45, 7) is 16.5. The van der Waals surface area contributed by atoms with Crippen molar-refractivity contribution in [1.82, 2.24) is 0 Å². The third kappa shape index (κ3) is 7.20. The first-order valence-electron chi connectivity index (χ1n) is 20.9. The van der Waals surface area contributed by atoms with E-state index in [0.717, 1.165) is 38.5 Å². The molecule has 4 saturated carbocycles. The minimum Gasteiger partial charge on any atom is -0.394 e. The molecule has 0 aromatic carbocycles. The normalized spacial score (nSPS) is 52.0. The van der Waals surface area contributed by atoms with E-state index in [1.165, 1.54) is 5.57 Å². The van der Waals surface area contributed by atoms with Crippen molar-refractivity contribution < 1.29 is 64.9 Å². The third-order valence-corrected chi connectivity index (χ3v) is 16.6. The van der Waals surface area contributed by atoms with Crippen LogP contribution in [0.25, 0.3) is 0 Å². The Morgan fingerprint density at radius 3 is 1.95 bits per heavy atom. The zero-order valence-electron chi connectivity index (χ0n) is 34.3. The first-order valence-corrected chi connectivity index (χ1v) is 20.9. The molecule has 0 radical (unpaired) electrons. The van der Waals surface area contributed by atoms with Crippen molar-refractivity contribution in [3.63, 3.8) is 0 Å². The summed E-state index contributed by atoms with van der Waals surface area (Å²) in [5.74, 6) is 0.445. The summed E-state index contributed by atoms with van der Waals surface area (Å²) in [5.41, 5.74) is -0.405. The van der Waals surface area contributed by atoms with Gasteiger partial charge in [-0.1, -0.05) is 46.3 Å². The molecule has 318 valence electrons. The second-order valence-electron chi connectivity index (χ2n) is 20.1. The number of hydrogen-bond acceptors (Lipinski definition) is 13. The van der Waals surface area contributed by atoms with Crippen molar-refractivity contribution in [3.8, 4) is 0 Å². The molecule has 0 amide bonds. The molecule has 0 bridgehead atoms. The molecule has 2 saturated heterocycles. The number of hydrogen-bond donors (Lipinski definition) is 9. The number of rotatable bonds is 10. The van der Waals surface area contributed by atoms with Gasteiger partial charge in [-0.3, -0.25) is 0 Å². The zero-order chi connectivity index (χ0) is 40.6. The van der Waals surface area contributed by atoms with Gasteiger partial charge in [0.15, 0.2) is 12.6 Å². The maximum absolute atomic E-state index is 12.2. The molecule has 0 unspecified atom stereocenters. The van der Waals surface area contributed by atoms with Crippen molar-refractivity contribution >= 4 is 0 Å². The highest BCUT2D eigenvalue weighted by molar-refractivity contribution is 5.20. The van der Waals surface area contributed by atoms with Crippen molar-refractivity contribution in [3.05, 3.63) is 11.6 Å². The van der Waals surface area contributed by atoms with Gasteiger partial charge in [0.1, 0.15) is 48.8 Å². The summed E-state index contributed by atoms with van der Waals surface area (Å²) in [4.78, 5) is 0. The van der Waals surface area contributed by atoms with Gasteiger partial charge in [-0.2, -0.15) is 0 Å². The molecule has 0 spiro atoms. The van der Waals surface area contributed by atoms with Gasteiger partial charge >= 0.3 is 0 Å². The molecule has 13 heteroatoms. The minimum atomic E-state index is -1.75. The van der Waals surface area contributed by atoms with Crippen LogP contribution in [0.3, 0.4) is 0 Å². The molecule has 20 atom stereocenters. The Hall–Kier alpha value is -0.780. The van der Waals surface area contributed by atoms with E-state index < -0.39 is 97.8 Å². The fourth-order valence-corrected chi connectivity index (χ4v) is 13.3. The quantitative estimate of drug-likeness (QED) is 0.115. The summed E-state index contributed by atoms with van der Waals surface area (Å²) >= 11 is 0. The lowest BCUT2D eigenvalue weighted by molar-refractivity contribution is -0.378. The second kappa shape index (κ2) is 15.7. The molecule has 13 nitrogen and oxygen atoms in total. The van der Waals surface area contributed by atoms with Gasteiger partial charge in [-0.05, 0) is 124 Å². The smallest absolute Gasteiger partial charge is 0.187 e. The molecule has 0 aromatic rings. The predicted octanol–water partition coefficient (Wildman–Crippen LogP) is 2.15.